The highest BCUT2D eigenvalue weighted by atomic mass is 16.5. The molecule has 108 valence electrons. The monoisotopic (exact) mass is 267 g/mol. The van der Waals surface area contributed by atoms with Gasteiger partial charge in [0.2, 0.25) is 0 Å². The largest absolute Gasteiger partial charge is 0.493 e. The third kappa shape index (κ3) is 4.40. The summed E-state index contributed by atoms with van der Waals surface area (Å²) in [5, 5.41) is 3.42. The molecule has 0 bridgehead atoms. The molecule has 1 aromatic carbocycles. The Labute approximate surface area is 116 Å². The molecule has 0 aliphatic rings. The summed E-state index contributed by atoms with van der Waals surface area (Å²) < 4.78 is 16.5. The number of methoxy groups -OCH3 is 2. The fourth-order valence-corrected chi connectivity index (χ4v) is 1.98. The normalized spacial score (nSPS) is 12.5. The van der Waals surface area contributed by atoms with Crippen LogP contribution < -0.4 is 14.8 Å². The highest BCUT2D eigenvalue weighted by Crippen LogP contribution is 2.34. The molecule has 0 fully saturated rings. The van der Waals surface area contributed by atoms with Gasteiger partial charge in [0, 0.05) is 5.56 Å². The Kier molecular flexibility index (Phi) is 6.67. The summed E-state index contributed by atoms with van der Waals surface area (Å²) in [6, 6.07) is 6.00. The van der Waals surface area contributed by atoms with Gasteiger partial charge in [-0.2, -0.15) is 0 Å². The molecule has 0 saturated heterocycles. The molecule has 1 rings (SSSR count). The Balaban J connectivity index is 3.00. The fourth-order valence-electron chi connectivity index (χ4n) is 1.98. The van der Waals surface area contributed by atoms with Gasteiger partial charge in [-0.25, -0.2) is 0 Å². The van der Waals surface area contributed by atoms with Crippen LogP contribution in [0.15, 0.2) is 18.2 Å². The molecule has 1 N–H and O–H groups in total. The van der Waals surface area contributed by atoms with Crippen molar-refractivity contribution in [3.8, 4) is 11.5 Å². The van der Waals surface area contributed by atoms with Gasteiger partial charge in [0.15, 0.2) is 11.5 Å². The first-order valence-corrected chi connectivity index (χ1v) is 6.69. The lowest BCUT2D eigenvalue weighted by Crippen LogP contribution is -2.27. The zero-order valence-corrected chi connectivity index (χ0v) is 12.5. The van der Waals surface area contributed by atoms with E-state index in [0.29, 0.717) is 6.61 Å². The third-order valence-electron chi connectivity index (χ3n) is 2.86. The van der Waals surface area contributed by atoms with E-state index in [2.05, 4.69) is 12.2 Å². The Hall–Kier alpha value is -1.26. The van der Waals surface area contributed by atoms with Gasteiger partial charge in [-0.15, -0.1) is 0 Å². The Morgan fingerprint density at radius 1 is 1.16 bits per heavy atom. The van der Waals surface area contributed by atoms with Crippen molar-refractivity contribution in [2.24, 2.45) is 0 Å². The molecule has 0 heterocycles. The van der Waals surface area contributed by atoms with Crippen molar-refractivity contribution in [2.45, 2.75) is 32.9 Å². The van der Waals surface area contributed by atoms with Crippen LogP contribution in [0, 0.1) is 0 Å². The van der Waals surface area contributed by atoms with Crippen LogP contribution in [-0.4, -0.2) is 33.5 Å². The van der Waals surface area contributed by atoms with Gasteiger partial charge >= 0.3 is 0 Å². The molecule has 0 aliphatic carbocycles. The molecule has 4 nitrogen and oxygen atoms in total. The van der Waals surface area contributed by atoms with Gasteiger partial charge in [-0.05, 0) is 26.5 Å². The maximum Gasteiger partial charge on any atom is 0.165 e. The second-order valence-electron chi connectivity index (χ2n) is 4.58. The van der Waals surface area contributed by atoms with Gasteiger partial charge in [0.25, 0.3) is 0 Å². The van der Waals surface area contributed by atoms with Crippen LogP contribution in [-0.2, 0) is 4.74 Å². The molecular formula is C15H25NO3. The number of benzene rings is 1. The quantitative estimate of drug-likeness (QED) is 0.786. The van der Waals surface area contributed by atoms with Crippen molar-refractivity contribution >= 4 is 0 Å². The summed E-state index contributed by atoms with van der Waals surface area (Å²) >= 11 is 0. The summed E-state index contributed by atoms with van der Waals surface area (Å²) in [6.45, 7) is 7.62. The van der Waals surface area contributed by atoms with Crippen LogP contribution in [0.5, 0.6) is 11.5 Å². The average Bonchev–Trinajstić information content (AvgIpc) is 2.42. The number of ether oxygens (including phenoxy) is 3. The number of hydrogen-bond donors (Lipinski definition) is 1. The van der Waals surface area contributed by atoms with Crippen LogP contribution >= 0.6 is 0 Å². The molecule has 0 radical (unpaired) electrons. The zero-order valence-electron chi connectivity index (χ0n) is 12.5. The minimum Gasteiger partial charge on any atom is -0.493 e. The lowest BCUT2D eigenvalue weighted by atomic mass is 10.1. The first-order chi connectivity index (χ1) is 9.13. The third-order valence-corrected chi connectivity index (χ3v) is 2.86. The van der Waals surface area contributed by atoms with E-state index in [-0.39, 0.29) is 12.1 Å². The Bertz CT molecular complexity index is 380. The number of likely N-dealkylation sites (N-methyl/N-ethyl adjacent to an activating group) is 1. The average molecular weight is 267 g/mol. The van der Waals surface area contributed by atoms with Gasteiger partial charge in [-0.3, -0.25) is 0 Å². The molecule has 4 heteroatoms. The van der Waals surface area contributed by atoms with E-state index in [1.807, 2.05) is 32.0 Å². The Morgan fingerprint density at radius 2 is 1.89 bits per heavy atom. The maximum atomic E-state index is 5.73. The van der Waals surface area contributed by atoms with E-state index in [1.54, 1.807) is 14.2 Å². The van der Waals surface area contributed by atoms with E-state index in [9.17, 15) is 0 Å². The number of hydrogen-bond acceptors (Lipinski definition) is 4. The van der Waals surface area contributed by atoms with Crippen LogP contribution in [0.2, 0.25) is 0 Å². The summed E-state index contributed by atoms with van der Waals surface area (Å²) in [5.41, 5.74) is 1.06. The highest BCUT2D eigenvalue weighted by molar-refractivity contribution is 5.48. The van der Waals surface area contributed by atoms with E-state index < -0.39 is 0 Å². The van der Waals surface area contributed by atoms with E-state index in [4.69, 9.17) is 14.2 Å². The smallest absolute Gasteiger partial charge is 0.165 e. The van der Waals surface area contributed by atoms with Crippen molar-refractivity contribution in [3.63, 3.8) is 0 Å². The van der Waals surface area contributed by atoms with Gasteiger partial charge in [0.1, 0.15) is 0 Å². The summed E-state index contributed by atoms with van der Waals surface area (Å²) in [7, 11) is 3.31. The Morgan fingerprint density at radius 3 is 2.42 bits per heavy atom. The predicted octanol–water partition coefficient (Wildman–Crippen LogP) is 2.78. The second-order valence-corrected chi connectivity index (χ2v) is 4.58. The van der Waals surface area contributed by atoms with Crippen molar-refractivity contribution in [3.05, 3.63) is 23.8 Å². The minimum absolute atomic E-state index is 0.0949. The summed E-state index contributed by atoms with van der Waals surface area (Å²) in [6.07, 6.45) is 0.206. The van der Waals surface area contributed by atoms with Gasteiger partial charge in [0.05, 0.1) is 33.0 Å². The topological polar surface area (TPSA) is 39.7 Å². The summed E-state index contributed by atoms with van der Waals surface area (Å²) in [5.74, 6) is 1.51. The molecule has 0 amide bonds. The van der Waals surface area contributed by atoms with Gasteiger partial charge in [-0.1, -0.05) is 19.1 Å². The van der Waals surface area contributed by atoms with Gasteiger partial charge < -0.3 is 19.5 Å². The molecule has 0 aliphatic heterocycles. The van der Waals surface area contributed by atoms with Crippen LogP contribution in [0.25, 0.3) is 0 Å². The van der Waals surface area contributed by atoms with Crippen molar-refractivity contribution in [1.82, 2.24) is 5.32 Å². The number of rotatable bonds is 8. The number of nitrogens with one attached hydrogen (secondary N) is 1. The SMILES string of the molecule is CCNC(COC(C)C)c1cccc(OC)c1OC. The lowest BCUT2D eigenvalue weighted by molar-refractivity contribution is 0.0608. The van der Waals surface area contributed by atoms with Crippen LogP contribution in [0.1, 0.15) is 32.4 Å². The molecule has 1 aromatic rings. The van der Waals surface area contributed by atoms with Crippen LogP contribution in [0.3, 0.4) is 0 Å². The van der Waals surface area contributed by atoms with Crippen molar-refractivity contribution in [2.75, 3.05) is 27.4 Å². The molecule has 1 atom stereocenters. The zero-order chi connectivity index (χ0) is 14.3. The van der Waals surface area contributed by atoms with Crippen molar-refractivity contribution in [1.29, 1.82) is 0 Å². The first-order valence-electron chi connectivity index (χ1n) is 6.69. The number of para-hydroxylation sites is 1. The predicted molar refractivity (Wildman–Crippen MR) is 77.1 cm³/mol. The molecule has 19 heavy (non-hydrogen) atoms. The lowest BCUT2D eigenvalue weighted by Gasteiger charge is -2.23. The minimum atomic E-state index is 0.0949. The molecule has 1 unspecified atom stereocenters. The van der Waals surface area contributed by atoms with E-state index in [0.717, 1.165) is 23.6 Å². The van der Waals surface area contributed by atoms with E-state index in [1.165, 1.54) is 0 Å². The van der Waals surface area contributed by atoms with Crippen molar-refractivity contribution < 1.29 is 14.2 Å². The second kappa shape index (κ2) is 8.02. The van der Waals surface area contributed by atoms with Crippen LogP contribution in [0.4, 0.5) is 0 Å². The first kappa shape index (κ1) is 15.8. The molecule has 0 spiro atoms. The summed E-state index contributed by atoms with van der Waals surface area (Å²) in [4.78, 5) is 0. The highest BCUT2D eigenvalue weighted by Gasteiger charge is 2.19. The van der Waals surface area contributed by atoms with E-state index >= 15 is 0 Å². The molecular weight excluding hydrogens is 242 g/mol. The maximum absolute atomic E-state index is 5.73. The molecule has 0 aromatic heterocycles. The molecule has 0 saturated carbocycles. The fraction of sp³-hybridized carbons (Fsp3) is 0.600. The standard InChI is InChI=1S/C15H25NO3/c1-6-16-13(10-19-11(2)3)12-8-7-9-14(17-4)15(12)18-5/h7-9,11,13,16H,6,10H2,1-5H3.